The number of carbonyl (C=O) groups excluding carboxylic acids is 1. The van der Waals surface area contributed by atoms with E-state index in [-0.39, 0.29) is 16.8 Å². The SMILES string of the molecule is CC1(C)C[C@@H](SCc2cccc3cc4ccccc4cc23)C(=O)O1. The van der Waals surface area contributed by atoms with Crippen LogP contribution in [0.15, 0.2) is 54.6 Å². The molecule has 1 saturated heterocycles. The zero-order valence-corrected chi connectivity index (χ0v) is 14.7. The lowest BCUT2D eigenvalue weighted by atomic mass is 10.0. The van der Waals surface area contributed by atoms with Gasteiger partial charge in [0.15, 0.2) is 0 Å². The summed E-state index contributed by atoms with van der Waals surface area (Å²) in [6, 6.07) is 19.4. The van der Waals surface area contributed by atoms with Gasteiger partial charge in [0.2, 0.25) is 0 Å². The lowest BCUT2D eigenvalue weighted by Gasteiger charge is -2.14. The van der Waals surface area contributed by atoms with Gasteiger partial charge in [-0.1, -0.05) is 42.5 Å². The third kappa shape index (κ3) is 2.89. The number of benzene rings is 3. The smallest absolute Gasteiger partial charge is 0.319 e. The molecule has 0 unspecified atom stereocenters. The van der Waals surface area contributed by atoms with Crippen LogP contribution in [0.1, 0.15) is 25.8 Å². The maximum absolute atomic E-state index is 12.0. The normalized spacial score (nSPS) is 19.8. The molecule has 0 radical (unpaired) electrons. The summed E-state index contributed by atoms with van der Waals surface area (Å²) in [6.45, 7) is 3.96. The van der Waals surface area contributed by atoms with Crippen LogP contribution in [0.2, 0.25) is 0 Å². The van der Waals surface area contributed by atoms with E-state index in [4.69, 9.17) is 4.74 Å². The number of cyclic esters (lactones) is 1. The molecule has 0 saturated carbocycles. The fourth-order valence-corrected chi connectivity index (χ4v) is 4.72. The van der Waals surface area contributed by atoms with E-state index in [9.17, 15) is 4.79 Å². The number of fused-ring (bicyclic) bond motifs is 2. The third-order valence-electron chi connectivity index (χ3n) is 4.59. The average molecular weight is 336 g/mol. The number of rotatable bonds is 3. The van der Waals surface area contributed by atoms with Gasteiger partial charge in [-0.15, -0.1) is 11.8 Å². The summed E-state index contributed by atoms with van der Waals surface area (Å²) < 4.78 is 5.44. The van der Waals surface area contributed by atoms with Crippen molar-refractivity contribution in [2.24, 2.45) is 0 Å². The topological polar surface area (TPSA) is 26.3 Å². The van der Waals surface area contributed by atoms with Gasteiger partial charge < -0.3 is 4.74 Å². The second-order valence-electron chi connectivity index (χ2n) is 7.02. The number of thioether (sulfide) groups is 1. The number of esters is 1. The molecule has 1 fully saturated rings. The third-order valence-corrected chi connectivity index (χ3v) is 5.83. The average Bonchev–Trinajstić information content (AvgIpc) is 2.83. The molecule has 4 rings (SSSR count). The van der Waals surface area contributed by atoms with Gasteiger partial charge in [0, 0.05) is 12.2 Å². The zero-order chi connectivity index (χ0) is 16.7. The Labute approximate surface area is 146 Å². The highest BCUT2D eigenvalue weighted by atomic mass is 32.2. The highest BCUT2D eigenvalue weighted by molar-refractivity contribution is 7.99. The van der Waals surface area contributed by atoms with Crippen LogP contribution < -0.4 is 0 Å². The van der Waals surface area contributed by atoms with Crippen molar-refractivity contribution in [2.75, 3.05) is 0 Å². The summed E-state index contributed by atoms with van der Waals surface area (Å²) in [6.07, 6.45) is 0.782. The highest BCUT2D eigenvalue weighted by Gasteiger charge is 2.40. The molecule has 0 aromatic heterocycles. The number of ether oxygens (including phenoxy) is 1. The minimum Gasteiger partial charge on any atom is -0.459 e. The molecule has 0 amide bonds. The summed E-state index contributed by atoms with van der Waals surface area (Å²) in [7, 11) is 0. The molecule has 1 atom stereocenters. The van der Waals surface area contributed by atoms with Crippen molar-refractivity contribution < 1.29 is 9.53 Å². The monoisotopic (exact) mass is 336 g/mol. The number of hydrogen-bond donors (Lipinski definition) is 0. The Kier molecular flexibility index (Phi) is 3.76. The van der Waals surface area contributed by atoms with Crippen LogP contribution in [-0.2, 0) is 15.3 Å². The lowest BCUT2D eigenvalue weighted by Crippen LogP contribution is -2.17. The van der Waals surface area contributed by atoms with E-state index in [0.29, 0.717) is 0 Å². The van der Waals surface area contributed by atoms with Gasteiger partial charge in [0.25, 0.3) is 0 Å². The molecule has 1 aliphatic heterocycles. The zero-order valence-electron chi connectivity index (χ0n) is 13.9. The van der Waals surface area contributed by atoms with Crippen LogP contribution in [0.25, 0.3) is 21.5 Å². The summed E-state index contributed by atoms with van der Waals surface area (Å²) >= 11 is 1.69. The molecular weight excluding hydrogens is 316 g/mol. The van der Waals surface area contributed by atoms with Crippen molar-refractivity contribution in [3.8, 4) is 0 Å². The number of hydrogen-bond acceptors (Lipinski definition) is 3. The van der Waals surface area contributed by atoms with Gasteiger partial charge in [0.05, 0.1) is 0 Å². The van der Waals surface area contributed by atoms with Crippen LogP contribution in [0.5, 0.6) is 0 Å². The first kappa shape index (κ1) is 15.5. The second-order valence-corrected chi connectivity index (χ2v) is 8.21. The van der Waals surface area contributed by atoms with Crippen molar-refractivity contribution in [3.05, 3.63) is 60.2 Å². The lowest BCUT2D eigenvalue weighted by molar-refractivity contribution is -0.145. The Morgan fingerprint density at radius 2 is 1.75 bits per heavy atom. The standard InChI is InChI=1S/C21H20O2S/c1-21(2)12-19(20(22)23-21)24-13-17-9-5-8-16-10-14-6-3-4-7-15(14)11-18(16)17/h3-11,19H,12-13H2,1-2H3/t19-/m1/s1. The first-order valence-electron chi connectivity index (χ1n) is 8.27. The van der Waals surface area contributed by atoms with Crippen LogP contribution >= 0.6 is 11.8 Å². The molecule has 1 heterocycles. The Balaban J connectivity index is 1.64. The summed E-state index contributed by atoms with van der Waals surface area (Å²) in [5.41, 5.74) is 0.949. The van der Waals surface area contributed by atoms with Crippen molar-refractivity contribution in [1.29, 1.82) is 0 Å². The Morgan fingerprint density at radius 3 is 2.46 bits per heavy atom. The van der Waals surface area contributed by atoms with Gasteiger partial charge >= 0.3 is 5.97 Å². The van der Waals surface area contributed by atoms with Crippen molar-refractivity contribution in [3.63, 3.8) is 0 Å². The minimum absolute atomic E-state index is 0.0595. The molecule has 1 aliphatic rings. The quantitative estimate of drug-likeness (QED) is 0.478. The molecule has 3 heteroatoms. The highest BCUT2D eigenvalue weighted by Crippen LogP contribution is 2.36. The van der Waals surface area contributed by atoms with Gasteiger partial charge in [-0.25, -0.2) is 0 Å². The van der Waals surface area contributed by atoms with E-state index in [1.165, 1.54) is 27.1 Å². The molecule has 3 aromatic rings. The maximum atomic E-state index is 12.0. The minimum atomic E-state index is -0.330. The largest absolute Gasteiger partial charge is 0.459 e. The Hall–Kier alpha value is -2.00. The van der Waals surface area contributed by atoms with E-state index in [1.807, 2.05) is 13.8 Å². The molecule has 0 N–H and O–H groups in total. The molecule has 2 nitrogen and oxygen atoms in total. The molecule has 3 aromatic carbocycles. The van der Waals surface area contributed by atoms with Crippen LogP contribution in [0.4, 0.5) is 0 Å². The maximum Gasteiger partial charge on any atom is 0.319 e. The van der Waals surface area contributed by atoms with E-state index >= 15 is 0 Å². The van der Waals surface area contributed by atoms with Crippen LogP contribution in [0, 0.1) is 0 Å². The predicted octanol–water partition coefficient (Wildman–Crippen LogP) is 5.32. The Morgan fingerprint density at radius 1 is 1.04 bits per heavy atom. The van der Waals surface area contributed by atoms with Crippen LogP contribution in [0.3, 0.4) is 0 Å². The molecular formula is C21H20O2S. The first-order chi connectivity index (χ1) is 11.5. The van der Waals surface area contributed by atoms with Crippen molar-refractivity contribution >= 4 is 39.3 Å². The van der Waals surface area contributed by atoms with E-state index in [0.717, 1.165) is 12.2 Å². The number of carbonyl (C=O) groups is 1. The predicted molar refractivity (Wildman–Crippen MR) is 101 cm³/mol. The van der Waals surface area contributed by atoms with Gasteiger partial charge in [-0.2, -0.15) is 0 Å². The van der Waals surface area contributed by atoms with E-state index < -0.39 is 0 Å². The van der Waals surface area contributed by atoms with Gasteiger partial charge in [-0.05, 0) is 53.1 Å². The molecule has 0 aliphatic carbocycles. The van der Waals surface area contributed by atoms with E-state index in [2.05, 4.69) is 54.6 Å². The van der Waals surface area contributed by atoms with Gasteiger partial charge in [0.1, 0.15) is 10.9 Å². The molecule has 24 heavy (non-hydrogen) atoms. The molecule has 122 valence electrons. The van der Waals surface area contributed by atoms with Crippen molar-refractivity contribution in [2.45, 2.75) is 36.9 Å². The second kappa shape index (κ2) is 5.82. The fraction of sp³-hybridized carbons (Fsp3) is 0.286. The van der Waals surface area contributed by atoms with Crippen molar-refractivity contribution in [1.82, 2.24) is 0 Å². The van der Waals surface area contributed by atoms with Gasteiger partial charge in [-0.3, -0.25) is 4.79 Å². The van der Waals surface area contributed by atoms with Crippen LogP contribution in [-0.4, -0.2) is 16.8 Å². The summed E-state index contributed by atoms with van der Waals surface area (Å²) in [5.74, 6) is 0.751. The molecule has 0 bridgehead atoms. The Bertz CT molecular complexity index is 929. The summed E-state index contributed by atoms with van der Waals surface area (Å²) in [5, 5.41) is 4.98. The first-order valence-corrected chi connectivity index (χ1v) is 9.32. The van der Waals surface area contributed by atoms with E-state index in [1.54, 1.807) is 11.8 Å². The molecule has 0 spiro atoms. The fourth-order valence-electron chi connectivity index (χ4n) is 3.38. The summed E-state index contributed by atoms with van der Waals surface area (Å²) in [4.78, 5) is 12.0.